The SMILES string of the molecule is CC(Nc1ccc(CCO)cc1)c1ccnc(Cl)c1. The molecule has 0 aliphatic carbocycles. The molecule has 3 nitrogen and oxygen atoms in total. The lowest BCUT2D eigenvalue weighted by Gasteiger charge is -2.16. The highest BCUT2D eigenvalue weighted by Gasteiger charge is 2.06. The molecule has 0 bridgehead atoms. The van der Waals surface area contributed by atoms with Crippen LogP contribution in [0.1, 0.15) is 24.1 Å². The van der Waals surface area contributed by atoms with E-state index >= 15 is 0 Å². The van der Waals surface area contributed by atoms with Crippen LogP contribution in [-0.4, -0.2) is 16.7 Å². The Morgan fingerprint density at radius 3 is 2.63 bits per heavy atom. The van der Waals surface area contributed by atoms with Gasteiger partial charge in [0, 0.05) is 24.5 Å². The van der Waals surface area contributed by atoms with Gasteiger partial charge in [-0.2, -0.15) is 0 Å². The van der Waals surface area contributed by atoms with Gasteiger partial charge in [-0.25, -0.2) is 4.98 Å². The summed E-state index contributed by atoms with van der Waals surface area (Å²) in [6, 6.07) is 12.0. The Hall–Kier alpha value is -1.58. The molecule has 1 atom stereocenters. The first-order valence-corrected chi connectivity index (χ1v) is 6.64. The number of aliphatic hydroxyl groups excluding tert-OH is 1. The normalized spacial score (nSPS) is 12.2. The van der Waals surface area contributed by atoms with Gasteiger partial charge in [0.2, 0.25) is 0 Å². The van der Waals surface area contributed by atoms with Crippen molar-refractivity contribution in [2.45, 2.75) is 19.4 Å². The average Bonchev–Trinajstić information content (AvgIpc) is 2.41. The number of rotatable bonds is 5. The van der Waals surface area contributed by atoms with Gasteiger partial charge in [-0.15, -0.1) is 0 Å². The summed E-state index contributed by atoms with van der Waals surface area (Å²) in [5, 5.41) is 12.8. The lowest BCUT2D eigenvalue weighted by Crippen LogP contribution is -2.06. The molecule has 0 saturated carbocycles. The van der Waals surface area contributed by atoms with Gasteiger partial charge < -0.3 is 10.4 Å². The van der Waals surface area contributed by atoms with Crippen LogP contribution in [0.3, 0.4) is 0 Å². The summed E-state index contributed by atoms with van der Waals surface area (Å²) in [6.45, 7) is 2.26. The van der Waals surface area contributed by atoms with Crippen molar-refractivity contribution in [1.82, 2.24) is 4.98 Å². The van der Waals surface area contributed by atoms with Gasteiger partial charge in [-0.1, -0.05) is 23.7 Å². The Morgan fingerprint density at radius 1 is 1.26 bits per heavy atom. The molecule has 0 aliphatic rings. The van der Waals surface area contributed by atoms with Crippen LogP contribution >= 0.6 is 11.6 Å². The number of nitrogens with one attached hydrogen (secondary N) is 1. The summed E-state index contributed by atoms with van der Waals surface area (Å²) in [6.07, 6.45) is 2.40. The van der Waals surface area contributed by atoms with Crippen LogP contribution < -0.4 is 5.32 Å². The molecule has 0 fully saturated rings. The molecule has 4 heteroatoms. The quantitative estimate of drug-likeness (QED) is 0.822. The molecule has 100 valence electrons. The van der Waals surface area contributed by atoms with E-state index in [1.54, 1.807) is 6.20 Å². The lowest BCUT2D eigenvalue weighted by atomic mass is 10.1. The number of aromatic nitrogens is 1. The fourth-order valence-electron chi connectivity index (χ4n) is 1.92. The maximum absolute atomic E-state index is 8.88. The van der Waals surface area contributed by atoms with E-state index in [1.165, 1.54) is 0 Å². The lowest BCUT2D eigenvalue weighted by molar-refractivity contribution is 0.299. The van der Waals surface area contributed by atoms with Crippen LogP contribution in [0.25, 0.3) is 0 Å². The average molecular weight is 277 g/mol. The summed E-state index contributed by atoms with van der Waals surface area (Å²) in [7, 11) is 0. The molecule has 0 radical (unpaired) electrons. The molecular formula is C15H17ClN2O. The molecule has 2 N–H and O–H groups in total. The summed E-state index contributed by atoms with van der Waals surface area (Å²) in [5.74, 6) is 0. The summed E-state index contributed by atoms with van der Waals surface area (Å²) in [5.41, 5.74) is 3.27. The second-order valence-corrected chi connectivity index (χ2v) is 4.84. The first-order chi connectivity index (χ1) is 9.19. The van der Waals surface area contributed by atoms with Crippen molar-refractivity contribution in [2.75, 3.05) is 11.9 Å². The van der Waals surface area contributed by atoms with Crippen LogP contribution in [0.5, 0.6) is 0 Å². The highest BCUT2D eigenvalue weighted by Crippen LogP contribution is 2.21. The van der Waals surface area contributed by atoms with Crippen molar-refractivity contribution >= 4 is 17.3 Å². The number of halogens is 1. The number of hydrogen-bond donors (Lipinski definition) is 2. The fraction of sp³-hybridized carbons (Fsp3) is 0.267. The molecule has 1 unspecified atom stereocenters. The van der Waals surface area contributed by atoms with E-state index in [0.29, 0.717) is 11.6 Å². The van der Waals surface area contributed by atoms with E-state index in [4.69, 9.17) is 16.7 Å². The van der Waals surface area contributed by atoms with E-state index < -0.39 is 0 Å². The minimum atomic E-state index is 0.157. The monoisotopic (exact) mass is 276 g/mol. The highest BCUT2D eigenvalue weighted by molar-refractivity contribution is 6.29. The van der Waals surface area contributed by atoms with E-state index in [1.807, 2.05) is 36.4 Å². The van der Waals surface area contributed by atoms with Gasteiger partial charge in [0.05, 0.1) is 0 Å². The molecule has 2 aromatic rings. The van der Waals surface area contributed by atoms with Crippen molar-refractivity contribution in [3.8, 4) is 0 Å². The van der Waals surface area contributed by atoms with Gasteiger partial charge >= 0.3 is 0 Å². The van der Waals surface area contributed by atoms with Gasteiger partial charge in [-0.3, -0.25) is 0 Å². The van der Waals surface area contributed by atoms with Crippen LogP contribution in [0.4, 0.5) is 5.69 Å². The predicted molar refractivity (Wildman–Crippen MR) is 78.5 cm³/mol. The third-order valence-corrected chi connectivity index (χ3v) is 3.19. The van der Waals surface area contributed by atoms with Crippen molar-refractivity contribution in [3.63, 3.8) is 0 Å². The number of hydrogen-bond acceptors (Lipinski definition) is 3. The predicted octanol–water partition coefficient (Wildman–Crippen LogP) is 3.44. The molecule has 0 amide bonds. The second-order valence-electron chi connectivity index (χ2n) is 4.45. The van der Waals surface area contributed by atoms with Crippen LogP contribution in [-0.2, 0) is 6.42 Å². The number of pyridine rings is 1. The molecule has 1 aromatic carbocycles. The maximum atomic E-state index is 8.88. The zero-order valence-corrected chi connectivity index (χ0v) is 11.6. The Morgan fingerprint density at radius 2 is 2.00 bits per heavy atom. The van der Waals surface area contributed by atoms with E-state index in [0.717, 1.165) is 16.8 Å². The standard InChI is InChI=1S/C15H17ClN2O/c1-11(13-6-8-17-15(16)10-13)18-14-4-2-12(3-5-14)7-9-19/h2-6,8,10-11,18-19H,7,9H2,1H3. The summed E-state index contributed by atoms with van der Waals surface area (Å²) >= 11 is 5.88. The Labute approximate surface area is 118 Å². The van der Waals surface area contributed by atoms with Crippen LogP contribution in [0.2, 0.25) is 5.15 Å². The number of nitrogens with zero attached hydrogens (tertiary/aromatic N) is 1. The zero-order chi connectivity index (χ0) is 13.7. The zero-order valence-electron chi connectivity index (χ0n) is 10.8. The Kier molecular flexibility index (Phi) is 4.77. The molecule has 0 aliphatic heterocycles. The Bertz CT molecular complexity index is 528. The highest BCUT2D eigenvalue weighted by atomic mass is 35.5. The number of benzene rings is 1. The van der Waals surface area contributed by atoms with Crippen molar-refractivity contribution in [1.29, 1.82) is 0 Å². The smallest absolute Gasteiger partial charge is 0.129 e. The topological polar surface area (TPSA) is 45.1 Å². The molecule has 19 heavy (non-hydrogen) atoms. The third kappa shape index (κ3) is 3.94. The van der Waals surface area contributed by atoms with Gasteiger partial charge in [0.1, 0.15) is 5.15 Å². The summed E-state index contributed by atoms with van der Waals surface area (Å²) < 4.78 is 0. The first-order valence-electron chi connectivity index (χ1n) is 6.27. The number of aliphatic hydroxyl groups is 1. The van der Waals surface area contributed by atoms with Gasteiger partial charge in [0.25, 0.3) is 0 Å². The van der Waals surface area contributed by atoms with Crippen molar-refractivity contribution in [2.24, 2.45) is 0 Å². The van der Waals surface area contributed by atoms with Crippen LogP contribution in [0, 0.1) is 0 Å². The first kappa shape index (κ1) is 13.8. The molecule has 1 heterocycles. The molecule has 0 saturated heterocycles. The van der Waals surface area contributed by atoms with Gasteiger partial charge in [-0.05, 0) is 48.7 Å². The van der Waals surface area contributed by atoms with Crippen molar-refractivity contribution in [3.05, 3.63) is 58.9 Å². The minimum Gasteiger partial charge on any atom is -0.396 e. The molecule has 2 rings (SSSR count). The van der Waals surface area contributed by atoms with Gasteiger partial charge in [0.15, 0.2) is 0 Å². The molecule has 0 spiro atoms. The largest absolute Gasteiger partial charge is 0.396 e. The van der Waals surface area contributed by atoms with E-state index in [-0.39, 0.29) is 12.6 Å². The second kappa shape index (κ2) is 6.55. The number of anilines is 1. The van der Waals surface area contributed by atoms with Crippen molar-refractivity contribution < 1.29 is 5.11 Å². The summed E-state index contributed by atoms with van der Waals surface area (Å²) in [4.78, 5) is 3.98. The van der Waals surface area contributed by atoms with Crippen LogP contribution in [0.15, 0.2) is 42.6 Å². The maximum Gasteiger partial charge on any atom is 0.129 e. The molecular weight excluding hydrogens is 260 g/mol. The molecule has 1 aromatic heterocycles. The minimum absolute atomic E-state index is 0.157. The third-order valence-electron chi connectivity index (χ3n) is 2.99. The fourth-order valence-corrected chi connectivity index (χ4v) is 2.10. The van der Waals surface area contributed by atoms with E-state index in [9.17, 15) is 0 Å². The Balaban J connectivity index is 2.04. The van der Waals surface area contributed by atoms with E-state index in [2.05, 4.69) is 17.2 Å².